The van der Waals surface area contributed by atoms with Gasteiger partial charge in [-0.1, -0.05) is 0 Å². The molecule has 0 fully saturated rings. The first kappa shape index (κ1) is 22.6. The Kier molecular flexibility index (Phi) is 6.85. The molecule has 0 aromatic carbocycles. The lowest BCUT2D eigenvalue weighted by Gasteiger charge is -2.17. The Morgan fingerprint density at radius 2 is 1.77 bits per heavy atom. The van der Waals surface area contributed by atoms with Crippen LogP contribution >= 0.6 is 0 Å². The van der Waals surface area contributed by atoms with Gasteiger partial charge in [0.15, 0.2) is 6.61 Å². The van der Waals surface area contributed by atoms with Crippen molar-refractivity contribution in [3.05, 3.63) is 70.2 Å². The molecular formula is C24H30N2O5. The Morgan fingerprint density at radius 1 is 1.06 bits per heavy atom. The number of rotatable bonds is 9. The number of furan rings is 1. The second-order valence-electron chi connectivity index (χ2n) is 7.91. The number of hydrogen-bond acceptors (Lipinski definition) is 5. The average Bonchev–Trinajstić information content (AvgIpc) is 3.41. The van der Waals surface area contributed by atoms with Gasteiger partial charge in [0.1, 0.15) is 5.76 Å². The lowest BCUT2D eigenvalue weighted by Crippen LogP contribution is -2.17. The van der Waals surface area contributed by atoms with Gasteiger partial charge >= 0.3 is 5.97 Å². The highest BCUT2D eigenvalue weighted by atomic mass is 16.5. The molecule has 7 nitrogen and oxygen atoms in total. The Hall–Kier alpha value is -3.06. The van der Waals surface area contributed by atoms with Gasteiger partial charge in [0.25, 0.3) is 0 Å². The van der Waals surface area contributed by atoms with Gasteiger partial charge in [0.05, 0.1) is 31.0 Å². The highest BCUT2D eigenvalue weighted by Gasteiger charge is 2.22. The number of hydrogen-bond donors (Lipinski definition) is 0. The SMILES string of the molecule is COCC(C)n1c(C)cc(C(=O)COC(=O)c2cc(C)n(Cc3ccco3)c2C)c1C. The second kappa shape index (κ2) is 9.39. The van der Waals surface area contributed by atoms with Crippen molar-refractivity contribution in [2.75, 3.05) is 20.3 Å². The van der Waals surface area contributed by atoms with Crippen LogP contribution in [0.25, 0.3) is 0 Å². The molecule has 7 heteroatoms. The topological polar surface area (TPSA) is 75.6 Å². The summed E-state index contributed by atoms with van der Waals surface area (Å²) in [4.78, 5) is 25.5. The number of nitrogens with zero attached hydrogens (tertiary/aromatic N) is 2. The molecule has 0 amide bonds. The molecule has 0 saturated carbocycles. The van der Waals surface area contributed by atoms with E-state index in [-0.39, 0.29) is 18.4 Å². The predicted octanol–water partition coefficient (Wildman–Crippen LogP) is 4.41. The summed E-state index contributed by atoms with van der Waals surface area (Å²) >= 11 is 0. The van der Waals surface area contributed by atoms with Crippen molar-refractivity contribution in [3.8, 4) is 0 Å². The van der Waals surface area contributed by atoms with Crippen LogP contribution in [-0.4, -0.2) is 41.2 Å². The van der Waals surface area contributed by atoms with Gasteiger partial charge in [-0.3, -0.25) is 4.79 Å². The number of methoxy groups -OCH3 is 1. The fourth-order valence-corrected chi connectivity index (χ4v) is 4.15. The van der Waals surface area contributed by atoms with Crippen molar-refractivity contribution in [3.63, 3.8) is 0 Å². The standard InChI is InChI=1S/C24H30N2O5/c1-15-10-22(18(4)25(15)12-20-8-7-9-30-20)24(28)31-14-23(27)21-11-16(2)26(19(21)5)17(3)13-29-6/h7-11,17H,12-14H2,1-6H3. The first-order valence-electron chi connectivity index (χ1n) is 10.3. The molecule has 0 spiro atoms. The Balaban J connectivity index is 1.70. The third-order valence-electron chi connectivity index (χ3n) is 5.66. The monoisotopic (exact) mass is 426 g/mol. The van der Waals surface area contributed by atoms with Crippen molar-refractivity contribution in [1.29, 1.82) is 0 Å². The van der Waals surface area contributed by atoms with E-state index in [1.807, 2.05) is 57.4 Å². The van der Waals surface area contributed by atoms with Crippen LogP contribution in [0.3, 0.4) is 0 Å². The fraction of sp³-hybridized carbons (Fsp3) is 0.417. The molecule has 3 aromatic rings. The first-order valence-corrected chi connectivity index (χ1v) is 10.3. The Morgan fingerprint density at radius 3 is 2.42 bits per heavy atom. The summed E-state index contributed by atoms with van der Waals surface area (Å²) in [5.74, 6) is 0.0744. The minimum atomic E-state index is -0.506. The van der Waals surface area contributed by atoms with Gasteiger partial charge in [0, 0.05) is 35.4 Å². The molecule has 3 rings (SSSR count). The highest BCUT2D eigenvalue weighted by molar-refractivity contribution is 6.00. The number of aryl methyl sites for hydroxylation is 2. The Labute approximate surface area is 182 Å². The maximum absolute atomic E-state index is 12.8. The average molecular weight is 427 g/mol. The van der Waals surface area contributed by atoms with Gasteiger partial charge < -0.3 is 23.0 Å². The summed E-state index contributed by atoms with van der Waals surface area (Å²) in [6, 6.07) is 7.45. The number of aromatic nitrogens is 2. The molecule has 3 aromatic heterocycles. The lowest BCUT2D eigenvalue weighted by atomic mass is 10.1. The predicted molar refractivity (Wildman–Crippen MR) is 117 cm³/mol. The second-order valence-corrected chi connectivity index (χ2v) is 7.91. The number of esters is 1. The maximum Gasteiger partial charge on any atom is 0.340 e. The van der Waals surface area contributed by atoms with Crippen LogP contribution in [0.15, 0.2) is 34.9 Å². The summed E-state index contributed by atoms with van der Waals surface area (Å²) in [5.41, 5.74) is 4.53. The van der Waals surface area contributed by atoms with Crippen LogP contribution < -0.4 is 0 Å². The van der Waals surface area contributed by atoms with Crippen LogP contribution in [0.5, 0.6) is 0 Å². The normalized spacial score (nSPS) is 12.2. The summed E-state index contributed by atoms with van der Waals surface area (Å²) in [7, 11) is 1.65. The molecule has 1 atom stereocenters. The molecular weight excluding hydrogens is 396 g/mol. The first-order chi connectivity index (χ1) is 14.7. The van der Waals surface area contributed by atoms with E-state index in [4.69, 9.17) is 13.9 Å². The molecule has 166 valence electrons. The zero-order valence-electron chi connectivity index (χ0n) is 19.0. The number of carbonyl (C=O) groups is 2. The molecule has 0 aliphatic carbocycles. The van der Waals surface area contributed by atoms with Crippen LogP contribution in [0.2, 0.25) is 0 Å². The van der Waals surface area contributed by atoms with Gasteiger partial charge in [-0.25, -0.2) is 4.79 Å². The highest BCUT2D eigenvalue weighted by Crippen LogP contribution is 2.22. The van der Waals surface area contributed by atoms with E-state index < -0.39 is 5.97 Å². The molecule has 0 saturated heterocycles. The molecule has 0 radical (unpaired) electrons. The minimum absolute atomic E-state index is 0.105. The van der Waals surface area contributed by atoms with Crippen LogP contribution in [0, 0.1) is 27.7 Å². The molecule has 1 unspecified atom stereocenters. The van der Waals surface area contributed by atoms with Crippen LogP contribution in [0.4, 0.5) is 0 Å². The zero-order chi connectivity index (χ0) is 22.7. The van der Waals surface area contributed by atoms with Crippen molar-refractivity contribution in [2.45, 2.75) is 47.2 Å². The van der Waals surface area contributed by atoms with Crippen molar-refractivity contribution in [1.82, 2.24) is 9.13 Å². The van der Waals surface area contributed by atoms with E-state index in [2.05, 4.69) is 4.57 Å². The number of ether oxygens (including phenoxy) is 2. The van der Waals surface area contributed by atoms with E-state index in [0.717, 1.165) is 28.5 Å². The third kappa shape index (κ3) is 4.66. The van der Waals surface area contributed by atoms with E-state index in [0.29, 0.717) is 24.3 Å². The summed E-state index contributed by atoms with van der Waals surface area (Å²) in [6.45, 7) is 10.5. The van der Waals surface area contributed by atoms with Crippen LogP contribution in [0.1, 0.15) is 62.2 Å². The van der Waals surface area contributed by atoms with Crippen molar-refractivity contribution in [2.24, 2.45) is 0 Å². The lowest BCUT2D eigenvalue weighted by molar-refractivity contribution is 0.0473. The molecule has 0 N–H and O–H groups in total. The smallest absolute Gasteiger partial charge is 0.340 e. The van der Waals surface area contributed by atoms with Crippen molar-refractivity contribution < 1.29 is 23.5 Å². The van der Waals surface area contributed by atoms with Gasteiger partial charge in [-0.2, -0.15) is 0 Å². The van der Waals surface area contributed by atoms with Crippen molar-refractivity contribution >= 4 is 11.8 Å². The quantitative estimate of drug-likeness (QED) is 0.374. The Bertz CT molecular complexity index is 1070. The number of carbonyl (C=O) groups excluding carboxylic acids is 2. The van der Waals surface area contributed by atoms with Gasteiger partial charge in [-0.15, -0.1) is 0 Å². The zero-order valence-corrected chi connectivity index (χ0v) is 19.0. The van der Waals surface area contributed by atoms with Gasteiger partial charge in [-0.05, 0) is 58.9 Å². The summed E-state index contributed by atoms with van der Waals surface area (Å²) < 4.78 is 20.1. The third-order valence-corrected chi connectivity index (χ3v) is 5.66. The molecule has 0 aliphatic heterocycles. The largest absolute Gasteiger partial charge is 0.467 e. The van der Waals surface area contributed by atoms with E-state index in [9.17, 15) is 9.59 Å². The van der Waals surface area contributed by atoms with E-state index in [1.165, 1.54) is 0 Å². The fourth-order valence-electron chi connectivity index (χ4n) is 4.15. The molecule has 3 heterocycles. The van der Waals surface area contributed by atoms with E-state index in [1.54, 1.807) is 19.4 Å². The summed E-state index contributed by atoms with van der Waals surface area (Å²) in [5, 5.41) is 0. The summed E-state index contributed by atoms with van der Waals surface area (Å²) in [6.07, 6.45) is 1.62. The van der Waals surface area contributed by atoms with Crippen LogP contribution in [-0.2, 0) is 16.0 Å². The number of Topliss-reactive ketones (excluding diaryl/α,β-unsaturated/α-hetero) is 1. The molecule has 0 bridgehead atoms. The minimum Gasteiger partial charge on any atom is -0.467 e. The molecule has 0 aliphatic rings. The maximum atomic E-state index is 12.8. The molecule has 31 heavy (non-hydrogen) atoms. The number of ketones is 1. The van der Waals surface area contributed by atoms with E-state index >= 15 is 0 Å². The van der Waals surface area contributed by atoms with Gasteiger partial charge in [0.2, 0.25) is 5.78 Å².